The van der Waals surface area contributed by atoms with Gasteiger partial charge in [-0.3, -0.25) is 0 Å². The Hall–Kier alpha value is -2.89. The van der Waals surface area contributed by atoms with Gasteiger partial charge in [-0.25, -0.2) is 14.2 Å². The summed E-state index contributed by atoms with van der Waals surface area (Å²) in [4.78, 5) is 22.5. The number of hydrogen-bond acceptors (Lipinski definition) is 2. The van der Waals surface area contributed by atoms with E-state index in [1.807, 2.05) is 36.1 Å². The van der Waals surface area contributed by atoms with E-state index in [1.165, 1.54) is 12.1 Å². The Balaban J connectivity index is 1.34. The zero-order valence-corrected chi connectivity index (χ0v) is 15.3. The summed E-state index contributed by atoms with van der Waals surface area (Å²) in [5, 5.41) is 3.00. The van der Waals surface area contributed by atoms with Crippen molar-refractivity contribution in [3.63, 3.8) is 0 Å². The lowest BCUT2D eigenvalue weighted by Gasteiger charge is -2.32. The predicted octanol–water partition coefficient (Wildman–Crippen LogP) is 4.35. The number of aromatic amines is 1. The number of likely N-dealkylation sites (tertiary alicyclic amines) is 1. The van der Waals surface area contributed by atoms with Gasteiger partial charge in [0.15, 0.2) is 0 Å². The summed E-state index contributed by atoms with van der Waals surface area (Å²) in [6, 6.07) is 14.0. The number of benzene rings is 2. The van der Waals surface area contributed by atoms with E-state index >= 15 is 0 Å². The molecule has 0 radical (unpaired) electrons. The normalized spacial score (nSPS) is 16.4. The molecule has 0 bridgehead atoms. The molecule has 0 saturated carbocycles. The van der Waals surface area contributed by atoms with E-state index in [1.54, 1.807) is 12.1 Å². The Morgan fingerprint density at radius 1 is 1.19 bits per heavy atom. The van der Waals surface area contributed by atoms with Crippen molar-refractivity contribution < 1.29 is 9.18 Å². The van der Waals surface area contributed by atoms with Gasteiger partial charge in [0.2, 0.25) is 0 Å². The number of amides is 2. The number of imidazole rings is 1. The number of hydrogen-bond donors (Lipinski definition) is 2. The summed E-state index contributed by atoms with van der Waals surface area (Å²) in [7, 11) is 0. The number of H-pyrrole nitrogens is 1. The molecule has 1 fully saturated rings. The van der Waals surface area contributed by atoms with E-state index < -0.39 is 0 Å². The van der Waals surface area contributed by atoms with Crippen LogP contribution in [0.2, 0.25) is 0 Å². The number of nitrogens with one attached hydrogen (secondary N) is 2. The number of urea groups is 1. The molecule has 2 N–H and O–H groups in total. The van der Waals surface area contributed by atoms with Crippen molar-refractivity contribution in [2.24, 2.45) is 0 Å². The molecule has 2 amide bonds. The molecule has 3 aromatic rings. The summed E-state index contributed by atoms with van der Waals surface area (Å²) in [6.07, 6.45) is 1.77. The highest BCUT2D eigenvalue weighted by Crippen LogP contribution is 2.28. The van der Waals surface area contributed by atoms with Gasteiger partial charge >= 0.3 is 6.03 Å². The van der Waals surface area contributed by atoms with Crippen molar-refractivity contribution >= 4 is 17.1 Å². The van der Waals surface area contributed by atoms with Crippen molar-refractivity contribution in [2.45, 2.75) is 31.7 Å². The van der Waals surface area contributed by atoms with Crippen molar-refractivity contribution in [3.05, 3.63) is 65.7 Å². The van der Waals surface area contributed by atoms with Crippen molar-refractivity contribution in [2.75, 3.05) is 13.1 Å². The molecule has 27 heavy (non-hydrogen) atoms. The lowest BCUT2D eigenvalue weighted by Crippen LogP contribution is -2.44. The maximum absolute atomic E-state index is 13.0. The minimum Gasteiger partial charge on any atom is -0.342 e. The molecule has 0 spiro atoms. The first kappa shape index (κ1) is 17.5. The number of rotatable bonds is 3. The fourth-order valence-electron chi connectivity index (χ4n) is 3.63. The maximum atomic E-state index is 13.0. The Kier molecular flexibility index (Phi) is 4.79. The summed E-state index contributed by atoms with van der Waals surface area (Å²) in [5.41, 5.74) is 2.93. The largest absolute Gasteiger partial charge is 0.342 e. The second kappa shape index (κ2) is 7.39. The van der Waals surface area contributed by atoms with Crippen LogP contribution in [0, 0.1) is 5.82 Å². The van der Waals surface area contributed by atoms with Crippen LogP contribution in [0.1, 0.15) is 43.1 Å². The first-order valence-corrected chi connectivity index (χ1v) is 9.35. The molecule has 5 nitrogen and oxygen atoms in total. The van der Waals surface area contributed by atoms with Gasteiger partial charge in [-0.2, -0.15) is 0 Å². The molecule has 2 aromatic carbocycles. The highest BCUT2D eigenvalue weighted by molar-refractivity contribution is 5.75. The zero-order chi connectivity index (χ0) is 18.8. The van der Waals surface area contributed by atoms with Crippen LogP contribution in [0.3, 0.4) is 0 Å². The van der Waals surface area contributed by atoms with Gasteiger partial charge < -0.3 is 15.2 Å². The number of para-hydroxylation sites is 2. The number of piperidine rings is 1. The smallest absolute Gasteiger partial charge is 0.317 e. The fourth-order valence-corrected chi connectivity index (χ4v) is 3.63. The SMILES string of the molecule is CC(NC(=O)N1CCC(c2nc3ccccc3[nH]2)CC1)c1ccc(F)cc1. The number of halogens is 1. The third-order valence-corrected chi connectivity index (χ3v) is 5.29. The van der Waals surface area contributed by atoms with Crippen molar-refractivity contribution in [1.29, 1.82) is 0 Å². The first-order chi connectivity index (χ1) is 13.1. The molecular weight excluding hydrogens is 343 g/mol. The molecule has 1 aliphatic rings. The zero-order valence-electron chi connectivity index (χ0n) is 15.3. The molecule has 1 aromatic heterocycles. The molecule has 1 unspecified atom stereocenters. The Morgan fingerprint density at radius 3 is 2.59 bits per heavy atom. The van der Waals surface area contributed by atoms with Gasteiger partial charge in [0.05, 0.1) is 17.1 Å². The second-order valence-corrected chi connectivity index (χ2v) is 7.12. The summed E-state index contributed by atoms with van der Waals surface area (Å²) in [6.45, 7) is 3.31. The number of carbonyl (C=O) groups excluding carboxylic acids is 1. The van der Waals surface area contributed by atoms with Crippen LogP contribution in [0.15, 0.2) is 48.5 Å². The van der Waals surface area contributed by atoms with E-state index in [0.29, 0.717) is 19.0 Å². The lowest BCUT2D eigenvalue weighted by molar-refractivity contribution is 0.177. The highest BCUT2D eigenvalue weighted by atomic mass is 19.1. The monoisotopic (exact) mass is 366 g/mol. The Bertz CT molecular complexity index is 896. The third kappa shape index (κ3) is 3.79. The number of fused-ring (bicyclic) bond motifs is 1. The minimum atomic E-state index is -0.273. The van der Waals surface area contributed by atoms with Crippen LogP contribution in [0.5, 0.6) is 0 Å². The number of aromatic nitrogens is 2. The number of nitrogens with zero attached hydrogens (tertiary/aromatic N) is 2. The second-order valence-electron chi connectivity index (χ2n) is 7.12. The van der Waals surface area contributed by atoms with Crippen molar-refractivity contribution in [1.82, 2.24) is 20.2 Å². The van der Waals surface area contributed by atoms with E-state index in [9.17, 15) is 9.18 Å². The molecule has 2 heterocycles. The minimum absolute atomic E-state index is 0.0742. The quantitative estimate of drug-likeness (QED) is 0.724. The van der Waals surface area contributed by atoms with Crippen LogP contribution < -0.4 is 5.32 Å². The molecule has 140 valence electrons. The topological polar surface area (TPSA) is 61.0 Å². The van der Waals surface area contributed by atoms with Crippen LogP contribution >= 0.6 is 0 Å². The maximum Gasteiger partial charge on any atom is 0.317 e. The van der Waals surface area contributed by atoms with Crippen LogP contribution in [0.25, 0.3) is 11.0 Å². The van der Waals surface area contributed by atoms with Gasteiger partial charge in [0.1, 0.15) is 11.6 Å². The summed E-state index contributed by atoms with van der Waals surface area (Å²) in [5.74, 6) is 1.08. The van der Waals surface area contributed by atoms with Gasteiger partial charge in [0.25, 0.3) is 0 Å². The van der Waals surface area contributed by atoms with Crippen LogP contribution in [0.4, 0.5) is 9.18 Å². The predicted molar refractivity (Wildman–Crippen MR) is 103 cm³/mol. The van der Waals surface area contributed by atoms with Gasteiger partial charge in [0, 0.05) is 19.0 Å². The summed E-state index contributed by atoms with van der Waals surface area (Å²) < 4.78 is 13.0. The standard InChI is InChI=1S/C21H23FN4O/c1-14(15-6-8-17(22)9-7-15)23-21(27)26-12-10-16(11-13-26)20-24-18-4-2-3-5-19(18)25-20/h2-9,14,16H,10-13H2,1H3,(H,23,27)(H,24,25). The van der Waals surface area contributed by atoms with E-state index in [0.717, 1.165) is 35.3 Å². The van der Waals surface area contributed by atoms with E-state index in [-0.39, 0.29) is 17.9 Å². The Morgan fingerprint density at radius 2 is 1.89 bits per heavy atom. The van der Waals surface area contributed by atoms with Crippen LogP contribution in [-0.4, -0.2) is 34.0 Å². The van der Waals surface area contributed by atoms with Gasteiger partial charge in [-0.1, -0.05) is 24.3 Å². The van der Waals surface area contributed by atoms with E-state index in [2.05, 4.69) is 10.3 Å². The first-order valence-electron chi connectivity index (χ1n) is 9.35. The summed E-state index contributed by atoms with van der Waals surface area (Å²) >= 11 is 0. The van der Waals surface area contributed by atoms with Crippen molar-refractivity contribution in [3.8, 4) is 0 Å². The number of carbonyl (C=O) groups is 1. The highest BCUT2D eigenvalue weighted by Gasteiger charge is 2.26. The molecular formula is C21H23FN4O. The lowest BCUT2D eigenvalue weighted by atomic mass is 9.96. The fraction of sp³-hybridized carbons (Fsp3) is 0.333. The third-order valence-electron chi connectivity index (χ3n) is 5.29. The molecule has 1 saturated heterocycles. The average molecular weight is 366 g/mol. The van der Waals surface area contributed by atoms with Crippen LogP contribution in [-0.2, 0) is 0 Å². The van der Waals surface area contributed by atoms with Gasteiger partial charge in [-0.15, -0.1) is 0 Å². The molecule has 0 aliphatic carbocycles. The molecule has 1 aliphatic heterocycles. The van der Waals surface area contributed by atoms with E-state index in [4.69, 9.17) is 4.98 Å². The molecule has 1 atom stereocenters. The molecule has 4 rings (SSSR count). The van der Waals surface area contributed by atoms with Gasteiger partial charge in [-0.05, 0) is 49.6 Å². The molecule has 6 heteroatoms. The average Bonchev–Trinajstić information content (AvgIpc) is 3.13. The Labute approximate surface area is 157 Å².